The summed E-state index contributed by atoms with van der Waals surface area (Å²) in [6.45, 7) is 9.24. The highest BCUT2D eigenvalue weighted by atomic mass is 14.3. The molecule has 0 bridgehead atoms. The molecule has 0 spiro atoms. The third-order valence-corrected chi connectivity index (χ3v) is 4.98. The van der Waals surface area contributed by atoms with E-state index >= 15 is 0 Å². The maximum Gasteiger partial charge on any atom is -0.00974 e. The SMILES string of the molecule is CCCCC(C)(C)c1cccc2cc3c(C)cccc3cc12. The van der Waals surface area contributed by atoms with E-state index in [1.54, 1.807) is 0 Å². The Balaban J connectivity index is 2.24. The molecule has 0 atom stereocenters. The number of hydrogen-bond acceptors (Lipinski definition) is 0. The van der Waals surface area contributed by atoms with Crippen molar-refractivity contribution < 1.29 is 0 Å². The molecular formula is C22H26. The van der Waals surface area contributed by atoms with Gasteiger partial charge >= 0.3 is 0 Å². The summed E-state index contributed by atoms with van der Waals surface area (Å²) in [5, 5.41) is 5.51. The van der Waals surface area contributed by atoms with E-state index in [9.17, 15) is 0 Å². The minimum Gasteiger partial charge on any atom is -0.0654 e. The summed E-state index contributed by atoms with van der Waals surface area (Å²) in [5.74, 6) is 0. The molecule has 22 heavy (non-hydrogen) atoms. The predicted molar refractivity (Wildman–Crippen MR) is 98.7 cm³/mol. The number of aryl methyl sites for hydroxylation is 1. The first-order valence-electron chi connectivity index (χ1n) is 8.45. The quantitative estimate of drug-likeness (QED) is 0.465. The summed E-state index contributed by atoms with van der Waals surface area (Å²) < 4.78 is 0. The summed E-state index contributed by atoms with van der Waals surface area (Å²) in [6.07, 6.45) is 3.79. The standard InChI is InChI=1S/C22H26/c1-5-6-13-22(3,4)21-12-8-11-18-14-19-16(2)9-7-10-17(19)15-20(18)21/h7-12,14-15H,5-6,13H2,1-4H3. The molecule has 0 saturated heterocycles. The number of fused-ring (bicyclic) bond motifs is 2. The lowest BCUT2D eigenvalue weighted by molar-refractivity contribution is 0.461. The average molecular weight is 290 g/mol. The van der Waals surface area contributed by atoms with Crippen LogP contribution in [0.15, 0.2) is 48.5 Å². The van der Waals surface area contributed by atoms with Gasteiger partial charge in [-0.3, -0.25) is 0 Å². The molecule has 0 radical (unpaired) electrons. The van der Waals surface area contributed by atoms with Crippen molar-refractivity contribution in [2.24, 2.45) is 0 Å². The van der Waals surface area contributed by atoms with E-state index in [-0.39, 0.29) is 5.41 Å². The predicted octanol–water partition coefficient (Wildman–Crippen LogP) is 6.77. The summed E-state index contributed by atoms with van der Waals surface area (Å²) in [7, 11) is 0. The summed E-state index contributed by atoms with van der Waals surface area (Å²) in [4.78, 5) is 0. The third kappa shape index (κ3) is 2.63. The van der Waals surface area contributed by atoms with Crippen LogP contribution in [0, 0.1) is 6.92 Å². The molecule has 0 saturated carbocycles. The van der Waals surface area contributed by atoms with Crippen LogP contribution in [0.25, 0.3) is 21.5 Å². The van der Waals surface area contributed by atoms with Crippen LogP contribution >= 0.6 is 0 Å². The molecule has 0 heterocycles. The lowest BCUT2D eigenvalue weighted by Crippen LogP contribution is -2.17. The van der Waals surface area contributed by atoms with E-state index in [1.807, 2.05) is 0 Å². The molecule has 0 amide bonds. The van der Waals surface area contributed by atoms with Gasteiger partial charge in [-0.25, -0.2) is 0 Å². The Kier molecular flexibility index (Phi) is 3.95. The normalized spacial score (nSPS) is 12.2. The Labute approximate surface area is 134 Å². The van der Waals surface area contributed by atoms with Gasteiger partial charge in [0.15, 0.2) is 0 Å². The molecule has 114 valence electrons. The van der Waals surface area contributed by atoms with Gasteiger partial charge < -0.3 is 0 Å². The maximum absolute atomic E-state index is 2.39. The van der Waals surface area contributed by atoms with Crippen molar-refractivity contribution in [3.8, 4) is 0 Å². The zero-order chi connectivity index (χ0) is 15.7. The van der Waals surface area contributed by atoms with Crippen molar-refractivity contribution in [3.63, 3.8) is 0 Å². The van der Waals surface area contributed by atoms with E-state index in [2.05, 4.69) is 76.2 Å². The Hall–Kier alpha value is -1.82. The van der Waals surface area contributed by atoms with Gasteiger partial charge in [0.25, 0.3) is 0 Å². The second-order valence-corrected chi connectivity index (χ2v) is 7.16. The van der Waals surface area contributed by atoms with Crippen molar-refractivity contribution in [1.82, 2.24) is 0 Å². The Morgan fingerprint density at radius 2 is 1.50 bits per heavy atom. The third-order valence-electron chi connectivity index (χ3n) is 4.98. The highest BCUT2D eigenvalue weighted by Crippen LogP contribution is 2.36. The van der Waals surface area contributed by atoms with Gasteiger partial charge in [-0.1, -0.05) is 70.0 Å². The fraction of sp³-hybridized carbons (Fsp3) is 0.364. The zero-order valence-electron chi connectivity index (χ0n) is 14.2. The molecule has 0 aromatic heterocycles. The van der Waals surface area contributed by atoms with Gasteiger partial charge in [0, 0.05) is 0 Å². The first-order valence-corrected chi connectivity index (χ1v) is 8.45. The van der Waals surface area contributed by atoms with Crippen molar-refractivity contribution in [1.29, 1.82) is 0 Å². The average Bonchev–Trinajstić information content (AvgIpc) is 2.51. The Morgan fingerprint density at radius 1 is 0.864 bits per heavy atom. The smallest absolute Gasteiger partial charge is 0.00974 e. The molecule has 0 unspecified atom stereocenters. The van der Waals surface area contributed by atoms with Gasteiger partial charge in [-0.2, -0.15) is 0 Å². The second kappa shape index (κ2) is 5.76. The lowest BCUT2D eigenvalue weighted by Gasteiger charge is -2.27. The first-order chi connectivity index (χ1) is 10.5. The molecule has 0 heteroatoms. The van der Waals surface area contributed by atoms with Crippen LogP contribution in [0.5, 0.6) is 0 Å². The van der Waals surface area contributed by atoms with E-state index < -0.39 is 0 Å². The van der Waals surface area contributed by atoms with Crippen LogP contribution in [0.2, 0.25) is 0 Å². The number of hydrogen-bond donors (Lipinski definition) is 0. The summed E-state index contributed by atoms with van der Waals surface area (Å²) in [6, 6.07) is 18.1. The number of unbranched alkanes of at least 4 members (excludes halogenated alkanes) is 1. The molecular weight excluding hydrogens is 264 g/mol. The second-order valence-electron chi connectivity index (χ2n) is 7.16. The van der Waals surface area contributed by atoms with Gasteiger partial charge in [0.1, 0.15) is 0 Å². The van der Waals surface area contributed by atoms with E-state index in [1.165, 1.54) is 51.9 Å². The summed E-state index contributed by atoms with van der Waals surface area (Å²) >= 11 is 0. The molecule has 0 fully saturated rings. The van der Waals surface area contributed by atoms with Crippen molar-refractivity contribution in [2.75, 3.05) is 0 Å². The number of rotatable bonds is 4. The van der Waals surface area contributed by atoms with Crippen LogP contribution < -0.4 is 0 Å². The van der Waals surface area contributed by atoms with Crippen molar-refractivity contribution in [3.05, 3.63) is 59.7 Å². The Morgan fingerprint density at radius 3 is 2.23 bits per heavy atom. The fourth-order valence-electron chi connectivity index (χ4n) is 3.55. The molecule has 0 aliphatic carbocycles. The lowest BCUT2D eigenvalue weighted by atomic mass is 9.77. The molecule has 0 nitrogen and oxygen atoms in total. The van der Waals surface area contributed by atoms with Crippen molar-refractivity contribution >= 4 is 21.5 Å². The van der Waals surface area contributed by atoms with Crippen molar-refractivity contribution in [2.45, 2.75) is 52.4 Å². The fourth-order valence-corrected chi connectivity index (χ4v) is 3.55. The largest absolute Gasteiger partial charge is 0.0654 e. The minimum absolute atomic E-state index is 0.229. The van der Waals surface area contributed by atoms with Crippen LogP contribution in [-0.4, -0.2) is 0 Å². The molecule has 3 aromatic rings. The molecule has 3 rings (SSSR count). The van der Waals surface area contributed by atoms with E-state index in [4.69, 9.17) is 0 Å². The minimum atomic E-state index is 0.229. The van der Waals surface area contributed by atoms with E-state index in [0.29, 0.717) is 0 Å². The van der Waals surface area contributed by atoms with Gasteiger partial charge in [0.05, 0.1) is 0 Å². The molecule has 3 aromatic carbocycles. The summed E-state index contributed by atoms with van der Waals surface area (Å²) in [5.41, 5.74) is 3.07. The van der Waals surface area contributed by atoms with Crippen LogP contribution in [0.3, 0.4) is 0 Å². The molecule has 0 aliphatic rings. The zero-order valence-corrected chi connectivity index (χ0v) is 14.2. The molecule has 0 aliphatic heterocycles. The molecule has 0 N–H and O–H groups in total. The van der Waals surface area contributed by atoms with Crippen LogP contribution in [0.4, 0.5) is 0 Å². The monoisotopic (exact) mass is 290 g/mol. The van der Waals surface area contributed by atoms with Gasteiger partial charge in [0.2, 0.25) is 0 Å². The topological polar surface area (TPSA) is 0 Å². The van der Waals surface area contributed by atoms with Crippen LogP contribution in [-0.2, 0) is 5.41 Å². The maximum atomic E-state index is 2.39. The highest BCUT2D eigenvalue weighted by molar-refractivity contribution is 6.01. The first kappa shape index (κ1) is 15.1. The van der Waals surface area contributed by atoms with Crippen LogP contribution in [0.1, 0.15) is 51.2 Å². The highest BCUT2D eigenvalue weighted by Gasteiger charge is 2.22. The van der Waals surface area contributed by atoms with Gasteiger partial charge in [-0.15, -0.1) is 0 Å². The van der Waals surface area contributed by atoms with E-state index in [0.717, 1.165) is 0 Å². The Bertz CT molecular complexity index is 809. The number of benzene rings is 3. The van der Waals surface area contributed by atoms with Gasteiger partial charge in [-0.05, 0) is 63.6 Å².